The summed E-state index contributed by atoms with van der Waals surface area (Å²) in [5, 5.41) is 0. The summed E-state index contributed by atoms with van der Waals surface area (Å²) in [5.41, 5.74) is 1.00. The van der Waals surface area contributed by atoms with Gasteiger partial charge in [0.15, 0.2) is 0 Å². The lowest BCUT2D eigenvalue weighted by Crippen LogP contribution is -2.18. The lowest BCUT2D eigenvalue weighted by atomic mass is 10.2. The molecule has 1 aromatic heterocycles. The number of rotatable bonds is 5. The number of H-pyrrole nitrogens is 1. The molecule has 1 N–H and O–H groups in total. The third-order valence-corrected chi connectivity index (χ3v) is 3.71. The van der Waals surface area contributed by atoms with E-state index in [1.165, 1.54) is 12.8 Å². The first-order valence-corrected chi connectivity index (χ1v) is 6.57. The number of aromatic amines is 1. The SMILES string of the molecule is COCCCc1nc(C2CC2)c(I)c(=O)[nH]1. The summed E-state index contributed by atoms with van der Waals surface area (Å²) in [6, 6.07) is 0. The van der Waals surface area contributed by atoms with Gasteiger partial charge >= 0.3 is 0 Å². The van der Waals surface area contributed by atoms with Gasteiger partial charge in [-0.05, 0) is 41.9 Å². The summed E-state index contributed by atoms with van der Waals surface area (Å²) in [6.45, 7) is 0.703. The Bertz CT molecular complexity index is 426. The maximum atomic E-state index is 11.7. The quantitative estimate of drug-likeness (QED) is 0.660. The second-order valence-electron chi connectivity index (χ2n) is 4.08. The zero-order chi connectivity index (χ0) is 11.5. The highest BCUT2D eigenvalue weighted by Crippen LogP contribution is 2.40. The van der Waals surface area contributed by atoms with Crippen molar-refractivity contribution in [3.63, 3.8) is 0 Å². The largest absolute Gasteiger partial charge is 0.385 e. The van der Waals surface area contributed by atoms with Crippen LogP contribution in [0.5, 0.6) is 0 Å². The van der Waals surface area contributed by atoms with Gasteiger partial charge in [0, 0.05) is 26.1 Å². The molecule has 0 saturated heterocycles. The van der Waals surface area contributed by atoms with Gasteiger partial charge < -0.3 is 9.72 Å². The first kappa shape index (κ1) is 12.0. The van der Waals surface area contributed by atoms with E-state index in [-0.39, 0.29) is 5.56 Å². The van der Waals surface area contributed by atoms with Crippen LogP contribution >= 0.6 is 22.6 Å². The van der Waals surface area contributed by atoms with Gasteiger partial charge in [0.05, 0.1) is 9.26 Å². The van der Waals surface area contributed by atoms with Crippen LogP contribution in [0.1, 0.15) is 36.7 Å². The molecular formula is C11H15IN2O2. The van der Waals surface area contributed by atoms with E-state index in [4.69, 9.17) is 4.74 Å². The Hall–Kier alpha value is -0.430. The van der Waals surface area contributed by atoms with Crippen LogP contribution in [0.2, 0.25) is 0 Å². The number of methoxy groups -OCH3 is 1. The van der Waals surface area contributed by atoms with Gasteiger partial charge in [-0.3, -0.25) is 4.79 Å². The monoisotopic (exact) mass is 334 g/mol. The number of aromatic nitrogens is 2. The lowest BCUT2D eigenvalue weighted by molar-refractivity contribution is 0.194. The Kier molecular flexibility index (Phi) is 3.96. The molecule has 88 valence electrons. The second kappa shape index (κ2) is 5.27. The van der Waals surface area contributed by atoms with Crippen LogP contribution in [0.25, 0.3) is 0 Å². The van der Waals surface area contributed by atoms with Crippen molar-refractivity contribution in [3.05, 3.63) is 25.4 Å². The Morgan fingerprint density at radius 3 is 2.94 bits per heavy atom. The minimum Gasteiger partial charge on any atom is -0.385 e. The number of hydrogen-bond acceptors (Lipinski definition) is 3. The molecule has 16 heavy (non-hydrogen) atoms. The zero-order valence-electron chi connectivity index (χ0n) is 9.25. The molecule has 0 unspecified atom stereocenters. The minimum atomic E-state index is 0.00455. The van der Waals surface area contributed by atoms with Crippen molar-refractivity contribution in [1.29, 1.82) is 0 Å². The van der Waals surface area contributed by atoms with Crippen LogP contribution in [-0.4, -0.2) is 23.7 Å². The van der Waals surface area contributed by atoms with Crippen molar-refractivity contribution in [1.82, 2.24) is 9.97 Å². The van der Waals surface area contributed by atoms with Crippen molar-refractivity contribution in [2.24, 2.45) is 0 Å². The summed E-state index contributed by atoms with van der Waals surface area (Å²) < 4.78 is 5.75. The molecule has 1 aliphatic rings. The molecule has 2 rings (SSSR count). The molecule has 1 aromatic rings. The van der Waals surface area contributed by atoms with E-state index in [1.807, 2.05) is 0 Å². The highest BCUT2D eigenvalue weighted by Gasteiger charge is 2.28. The minimum absolute atomic E-state index is 0.00455. The van der Waals surface area contributed by atoms with E-state index in [2.05, 4.69) is 32.6 Å². The molecular weight excluding hydrogens is 319 g/mol. The average molecular weight is 334 g/mol. The number of hydrogen-bond donors (Lipinski definition) is 1. The molecule has 0 atom stereocenters. The summed E-state index contributed by atoms with van der Waals surface area (Å²) in [6.07, 6.45) is 4.01. The van der Waals surface area contributed by atoms with Crippen molar-refractivity contribution < 1.29 is 4.74 Å². The number of ether oxygens (including phenoxy) is 1. The normalized spacial score (nSPS) is 15.4. The topological polar surface area (TPSA) is 55.0 Å². The third kappa shape index (κ3) is 2.82. The number of nitrogens with zero attached hydrogens (tertiary/aromatic N) is 1. The lowest BCUT2D eigenvalue weighted by Gasteiger charge is -2.05. The smallest absolute Gasteiger partial charge is 0.264 e. The fourth-order valence-corrected chi connectivity index (χ4v) is 2.35. The standard InChI is InChI=1S/C11H15IN2O2/c1-16-6-2-3-8-13-10(7-4-5-7)9(12)11(15)14-8/h7H,2-6H2,1H3,(H,13,14,15). The van der Waals surface area contributed by atoms with Gasteiger partial charge in [-0.1, -0.05) is 0 Å². The second-order valence-corrected chi connectivity index (χ2v) is 5.16. The van der Waals surface area contributed by atoms with Crippen molar-refractivity contribution in [2.45, 2.75) is 31.6 Å². The molecule has 0 bridgehead atoms. The van der Waals surface area contributed by atoms with E-state index in [9.17, 15) is 4.79 Å². The van der Waals surface area contributed by atoms with Crippen LogP contribution in [-0.2, 0) is 11.2 Å². The highest BCUT2D eigenvalue weighted by atomic mass is 127. The van der Waals surface area contributed by atoms with E-state index < -0.39 is 0 Å². The summed E-state index contributed by atoms with van der Waals surface area (Å²) in [4.78, 5) is 19.1. The molecule has 0 aliphatic heterocycles. The molecule has 0 amide bonds. The maximum absolute atomic E-state index is 11.7. The molecule has 0 spiro atoms. The van der Waals surface area contributed by atoms with Gasteiger partial charge in [0.25, 0.3) is 5.56 Å². The number of aryl methyl sites for hydroxylation is 1. The number of halogens is 1. The molecule has 0 radical (unpaired) electrons. The third-order valence-electron chi connectivity index (χ3n) is 2.66. The van der Waals surface area contributed by atoms with Gasteiger partial charge in [-0.15, -0.1) is 0 Å². The fraction of sp³-hybridized carbons (Fsp3) is 0.636. The predicted molar refractivity (Wildman–Crippen MR) is 69.7 cm³/mol. The zero-order valence-corrected chi connectivity index (χ0v) is 11.4. The molecule has 1 aliphatic carbocycles. The first-order valence-electron chi connectivity index (χ1n) is 5.50. The van der Waals surface area contributed by atoms with E-state index >= 15 is 0 Å². The summed E-state index contributed by atoms with van der Waals surface area (Å²) in [7, 11) is 1.68. The Balaban J connectivity index is 2.16. The van der Waals surface area contributed by atoms with E-state index in [1.54, 1.807) is 7.11 Å². The molecule has 1 saturated carbocycles. The van der Waals surface area contributed by atoms with Gasteiger partial charge in [-0.2, -0.15) is 0 Å². The van der Waals surface area contributed by atoms with Gasteiger partial charge in [0.1, 0.15) is 5.82 Å². The van der Waals surface area contributed by atoms with Crippen LogP contribution < -0.4 is 5.56 Å². The Morgan fingerprint density at radius 1 is 1.56 bits per heavy atom. The Labute approximate surface area is 108 Å². The van der Waals surface area contributed by atoms with Crippen LogP contribution in [0, 0.1) is 3.57 Å². The predicted octanol–water partition coefficient (Wildman–Crippen LogP) is 1.83. The van der Waals surface area contributed by atoms with Crippen LogP contribution in [0.4, 0.5) is 0 Å². The van der Waals surface area contributed by atoms with Crippen LogP contribution in [0.15, 0.2) is 4.79 Å². The van der Waals surface area contributed by atoms with E-state index in [0.29, 0.717) is 12.5 Å². The number of nitrogens with one attached hydrogen (secondary N) is 1. The molecule has 0 aromatic carbocycles. The van der Waals surface area contributed by atoms with Crippen molar-refractivity contribution in [3.8, 4) is 0 Å². The Morgan fingerprint density at radius 2 is 2.31 bits per heavy atom. The summed E-state index contributed by atoms with van der Waals surface area (Å²) in [5.74, 6) is 1.32. The van der Waals surface area contributed by atoms with Gasteiger partial charge in [0.2, 0.25) is 0 Å². The van der Waals surface area contributed by atoms with Crippen LogP contribution in [0.3, 0.4) is 0 Å². The average Bonchev–Trinajstić information content (AvgIpc) is 3.07. The molecule has 4 nitrogen and oxygen atoms in total. The van der Waals surface area contributed by atoms with Gasteiger partial charge in [-0.25, -0.2) is 4.98 Å². The van der Waals surface area contributed by atoms with Crippen molar-refractivity contribution >= 4 is 22.6 Å². The maximum Gasteiger partial charge on any atom is 0.264 e. The summed E-state index contributed by atoms with van der Waals surface area (Å²) >= 11 is 2.09. The van der Waals surface area contributed by atoms with E-state index in [0.717, 1.165) is 27.9 Å². The molecule has 5 heteroatoms. The highest BCUT2D eigenvalue weighted by molar-refractivity contribution is 14.1. The molecule has 1 fully saturated rings. The fourth-order valence-electron chi connectivity index (χ4n) is 1.65. The first-order chi connectivity index (χ1) is 7.72. The van der Waals surface area contributed by atoms with Crippen molar-refractivity contribution in [2.75, 3.05) is 13.7 Å². The molecule has 1 heterocycles.